The molecule has 0 aliphatic carbocycles. The van der Waals surface area contributed by atoms with Gasteiger partial charge in [-0.15, -0.1) is 0 Å². The Morgan fingerprint density at radius 1 is 1.36 bits per heavy atom. The fraction of sp³-hybridized carbons (Fsp3) is 0.500. The number of hydrogen-bond donors (Lipinski definition) is 1. The number of benzene rings is 1. The standard InChI is InChI=1S/C18H22ClN3O3/c1-13(25-16-4-2-15(19)3-5-16)18(24)22-10-7-14(8-11-22)12-21-17(23)6-9-20/h2-5,13-14H,6-8,10-12H2,1H3,(H,21,23). The van der Waals surface area contributed by atoms with E-state index in [1.165, 1.54) is 0 Å². The molecule has 1 atom stereocenters. The molecule has 2 rings (SSSR count). The predicted octanol–water partition coefficient (Wildman–Crippen LogP) is 2.38. The van der Waals surface area contributed by atoms with E-state index in [1.54, 1.807) is 36.1 Å². The Balaban J connectivity index is 1.75. The summed E-state index contributed by atoms with van der Waals surface area (Å²) in [7, 11) is 0. The van der Waals surface area contributed by atoms with Crippen LogP contribution in [0.3, 0.4) is 0 Å². The first-order valence-electron chi connectivity index (χ1n) is 8.34. The SMILES string of the molecule is CC(Oc1ccc(Cl)cc1)C(=O)N1CCC(CNC(=O)CC#N)CC1. The van der Waals surface area contributed by atoms with Gasteiger partial charge in [0.25, 0.3) is 5.91 Å². The molecule has 0 saturated carbocycles. The Bertz CT molecular complexity index is 634. The number of nitrogens with one attached hydrogen (secondary N) is 1. The van der Waals surface area contributed by atoms with Gasteiger partial charge in [-0.25, -0.2) is 0 Å². The van der Waals surface area contributed by atoms with Crippen molar-refractivity contribution in [2.45, 2.75) is 32.3 Å². The van der Waals surface area contributed by atoms with Crippen LogP contribution in [0.4, 0.5) is 0 Å². The van der Waals surface area contributed by atoms with E-state index in [0.717, 1.165) is 12.8 Å². The van der Waals surface area contributed by atoms with Crippen molar-refractivity contribution in [3.63, 3.8) is 0 Å². The Morgan fingerprint density at radius 3 is 2.60 bits per heavy atom. The van der Waals surface area contributed by atoms with Crippen molar-refractivity contribution in [2.75, 3.05) is 19.6 Å². The summed E-state index contributed by atoms with van der Waals surface area (Å²) in [6.45, 7) is 3.59. The molecule has 1 aromatic carbocycles. The molecular weight excluding hydrogens is 342 g/mol. The highest BCUT2D eigenvalue weighted by Gasteiger charge is 2.27. The number of ether oxygens (including phenoxy) is 1. The number of likely N-dealkylation sites (tertiary alicyclic amines) is 1. The zero-order valence-electron chi connectivity index (χ0n) is 14.2. The number of rotatable bonds is 6. The van der Waals surface area contributed by atoms with Crippen LogP contribution in [0.25, 0.3) is 0 Å². The molecule has 0 bridgehead atoms. The smallest absolute Gasteiger partial charge is 0.263 e. The zero-order chi connectivity index (χ0) is 18.2. The molecule has 1 unspecified atom stereocenters. The van der Waals surface area contributed by atoms with E-state index < -0.39 is 6.10 Å². The van der Waals surface area contributed by atoms with Gasteiger partial charge in [0.2, 0.25) is 5.91 Å². The van der Waals surface area contributed by atoms with Gasteiger partial charge in [-0.3, -0.25) is 9.59 Å². The molecule has 1 heterocycles. The first-order valence-corrected chi connectivity index (χ1v) is 8.72. The third-order valence-electron chi connectivity index (χ3n) is 4.23. The molecule has 25 heavy (non-hydrogen) atoms. The second-order valence-electron chi connectivity index (χ2n) is 6.12. The van der Waals surface area contributed by atoms with Crippen molar-refractivity contribution in [1.82, 2.24) is 10.2 Å². The second-order valence-corrected chi connectivity index (χ2v) is 6.56. The molecule has 1 N–H and O–H groups in total. The lowest BCUT2D eigenvalue weighted by molar-refractivity contribution is -0.139. The van der Waals surface area contributed by atoms with Gasteiger partial charge >= 0.3 is 0 Å². The van der Waals surface area contributed by atoms with Crippen LogP contribution in [0.1, 0.15) is 26.2 Å². The Hall–Kier alpha value is -2.26. The zero-order valence-corrected chi connectivity index (χ0v) is 15.0. The third-order valence-corrected chi connectivity index (χ3v) is 4.48. The molecule has 134 valence electrons. The predicted molar refractivity (Wildman–Crippen MR) is 94.1 cm³/mol. The van der Waals surface area contributed by atoms with Crippen molar-refractivity contribution in [1.29, 1.82) is 5.26 Å². The van der Waals surface area contributed by atoms with E-state index in [2.05, 4.69) is 5.32 Å². The largest absolute Gasteiger partial charge is 0.481 e. The minimum absolute atomic E-state index is 0.0399. The van der Waals surface area contributed by atoms with Crippen LogP contribution < -0.4 is 10.1 Å². The van der Waals surface area contributed by atoms with E-state index in [1.807, 2.05) is 6.07 Å². The topological polar surface area (TPSA) is 82.4 Å². The van der Waals surface area contributed by atoms with Crippen LogP contribution in [0.5, 0.6) is 5.75 Å². The average Bonchev–Trinajstić information content (AvgIpc) is 2.62. The number of amides is 2. The molecule has 0 aromatic heterocycles. The fourth-order valence-electron chi connectivity index (χ4n) is 2.77. The average molecular weight is 364 g/mol. The Kier molecular flexibility index (Phi) is 7.08. The molecule has 1 saturated heterocycles. The molecule has 1 fully saturated rings. The van der Waals surface area contributed by atoms with Gasteiger partial charge in [0.05, 0.1) is 6.07 Å². The maximum Gasteiger partial charge on any atom is 0.263 e. The maximum atomic E-state index is 12.5. The molecular formula is C18H22ClN3O3. The summed E-state index contributed by atoms with van der Waals surface area (Å²) in [4.78, 5) is 25.6. The van der Waals surface area contributed by atoms with E-state index in [9.17, 15) is 9.59 Å². The lowest BCUT2D eigenvalue weighted by Crippen LogP contribution is -2.46. The van der Waals surface area contributed by atoms with Crippen LogP contribution in [-0.2, 0) is 9.59 Å². The van der Waals surface area contributed by atoms with Gasteiger partial charge < -0.3 is 15.0 Å². The Morgan fingerprint density at radius 2 is 2.00 bits per heavy atom. The third kappa shape index (κ3) is 5.95. The quantitative estimate of drug-likeness (QED) is 0.841. The van der Waals surface area contributed by atoms with Gasteiger partial charge in [-0.1, -0.05) is 11.6 Å². The summed E-state index contributed by atoms with van der Waals surface area (Å²) in [6, 6.07) is 8.75. The second kappa shape index (κ2) is 9.28. The summed E-state index contributed by atoms with van der Waals surface area (Å²) in [6.07, 6.45) is 0.975. The van der Waals surface area contributed by atoms with Gasteiger partial charge in [0, 0.05) is 24.7 Å². The van der Waals surface area contributed by atoms with Gasteiger partial charge in [0.1, 0.15) is 12.2 Å². The number of halogens is 1. The van der Waals surface area contributed by atoms with Crippen LogP contribution in [0.2, 0.25) is 5.02 Å². The van der Waals surface area contributed by atoms with Crippen LogP contribution in [-0.4, -0.2) is 42.5 Å². The monoisotopic (exact) mass is 363 g/mol. The molecule has 6 nitrogen and oxygen atoms in total. The highest BCUT2D eigenvalue weighted by Crippen LogP contribution is 2.20. The summed E-state index contributed by atoms with van der Waals surface area (Å²) < 4.78 is 5.68. The summed E-state index contributed by atoms with van der Waals surface area (Å²) in [5.41, 5.74) is 0. The highest BCUT2D eigenvalue weighted by atomic mass is 35.5. The summed E-state index contributed by atoms with van der Waals surface area (Å²) >= 11 is 5.84. The molecule has 0 spiro atoms. The first kappa shape index (κ1) is 19.1. The van der Waals surface area contributed by atoms with Gasteiger partial charge in [-0.2, -0.15) is 5.26 Å². The molecule has 1 aromatic rings. The van der Waals surface area contributed by atoms with Crippen molar-refractivity contribution in [3.8, 4) is 11.8 Å². The number of carbonyl (C=O) groups excluding carboxylic acids is 2. The molecule has 1 aliphatic rings. The van der Waals surface area contributed by atoms with Crippen molar-refractivity contribution < 1.29 is 14.3 Å². The molecule has 1 aliphatic heterocycles. The minimum atomic E-state index is -0.562. The van der Waals surface area contributed by atoms with Crippen molar-refractivity contribution in [3.05, 3.63) is 29.3 Å². The van der Waals surface area contributed by atoms with Crippen molar-refractivity contribution in [2.24, 2.45) is 5.92 Å². The van der Waals surface area contributed by atoms with Crippen LogP contribution in [0, 0.1) is 17.2 Å². The number of nitrogens with zero attached hydrogens (tertiary/aromatic N) is 2. The van der Waals surface area contributed by atoms with Gasteiger partial charge in [0.15, 0.2) is 6.10 Å². The van der Waals surface area contributed by atoms with E-state index in [-0.39, 0.29) is 18.2 Å². The fourth-order valence-corrected chi connectivity index (χ4v) is 2.90. The maximum absolute atomic E-state index is 12.5. The van der Waals surface area contributed by atoms with E-state index >= 15 is 0 Å². The summed E-state index contributed by atoms with van der Waals surface area (Å²) in [5, 5.41) is 11.8. The normalized spacial score (nSPS) is 16.0. The summed E-state index contributed by atoms with van der Waals surface area (Å²) in [5.74, 6) is 0.660. The minimum Gasteiger partial charge on any atom is -0.481 e. The number of piperidine rings is 1. The molecule has 0 radical (unpaired) electrons. The Labute approximate surface area is 152 Å². The van der Waals surface area contributed by atoms with E-state index in [0.29, 0.717) is 36.3 Å². The lowest BCUT2D eigenvalue weighted by atomic mass is 9.96. The van der Waals surface area contributed by atoms with E-state index in [4.69, 9.17) is 21.6 Å². The highest BCUT2D eigenvalue weighted by molar-refractivity contribution is 6.30. The first-order chi connectivity index (χ1) is 12.0. The number of nitriles is 1. The number of hydrogen-bond acceptors (Lipinski definition) is 4. The lowest BCUT2D eigenvalue weighted by Gasteiger charge is -2.33. The molecule has 2 amide bonds. The van der Waals surface area contributed by atoms with Crippen molar-refractivity contribution >= 4 is 23.4 Å². The molecule has 7 heteroatoms. The van der Waals surface area contributed by atoms with Crippen LogP contribution in [0.15, 0.2) is 24.3 Å². The van der Waals surface area contributed by atoms with Gasteiger partial charge in [-0.05, 0) is 49.9 Å². The van der Waals surface area contributed by atoms with Crippen LogP contribution >= 0.6 is 11.6 Å². The number of carbonyl (C=O) groups is 2.